The van der Waals surface area contributed by atoms with Gasteiger partial charge in [0.25, 0.3) is 0 Å². The molecule has 6 heteroatoms. The highest BCUT2D eigenvalue weighted by Crippen LogP contribution is 2.13. The molecular formula is C11H20N4O2. The van der Waals surface area contributed by atoms with Crippen LogP contribution in [-0.2, 0) is 11.3 Å². The lowest BCUT2D eigenvalue weighted by atomic mass is 10.3. The summed E-state index contributed by atoms with van der Waals surface area (Å²) in [6.07, 6.45) is -0.0967. The minimum absolute atomic E-state index is 0.0967. The number of aromatic nitrogens is 2. The summed E-state index contributed by atoms with van der Waals surface area (Å²) in [5, 5.41) is 7.26. The highest BCUT2D eigenvalue weighted by molar-refractivity contribution is 4.90. The van der Waals surface area contributed by atoms with E-state index in [1.165, 1.54) is 0 Å². The van der Waals surface area contributed by atoms with Gasteiger partial charge in [-0.3, -0.25) is 4.90 Å². The Kier molecular flexibility index (Phi) is 4.47. The fraction of sp³-hybridized carbons (Fsp3) is 0.818. The van der Waals surface area contributed by atoms with Crippen LogP contribution >= 0.6 is 0 Å². The number of rotatable bonds is 5. The summed E-state index contributed by atoms with van der Waals surface area (Å²) in [4.78, 5) is 6.66. The van der Waals surface area contributed by atoms with Crippen LogP contribution in [0.4, 0.5) is 0 Å². The maximum absolute atomic E-state index is 5.42. The normalized spacial score (nSPS) is 19.4. The maximum atomic E-state index is 5.42. The molecule has 0 radical (unpaired) electrons. The maximum Gasteiger partial charge on any atom is 0.240 e. The SMILES string of the molecule is CCO[C@H](C)c1noc(CN2CCNCC2)n1. The molecule has 0 aliphatic carbocycles. The molecule has 0 aromatic carbocycles. The molecule has 1 saturated heterocycles. The van der Waals surface area contributed by atoms with Crippen LogP contribution in [-0.4, -0.2) is 47.8 Å². The smallest absolute Gasteiger partial charge is 0.240 e. The summed E-state index contributed by atoms with van der Waals surface area (Å²) < 4.78 is 10.7. The predicted octanol–water partition coefficient (Wildman–Crippen LogP) is 0.572. The molecule has 0 spiro atoms. The fourth-order valence-corrected chi connectivity index (χ4v) is 1.88. The molecule has 0 bridgehead atoms. The van der Waals surface area contributed by atoms with Gasteiger partial charge in [0.05, 0.1) is 6.54 Å². The van der Waals surface area contributed by atoms with Gasteiger partial charge in [0.1, 0.15) is 6.10 Å². The van der Waals surface area contributed by atoms with Crippen molar-refractivity contribution in [2.45, 2.75) is 26.5 Å². The third-order valence-corrected chi connectivity index (χ3v) is 2.83. The monoisotopic (exact) mass is 240 g/mol. The van der Waals surface area contributed by atoms with Crippen molar-refractivity contribution in [1.29, 1.82) is 0 Å². The van der Waals surface area contributed by atoms with Gasteiger partial charge in [-0.25, -0.2) is 0 Å². The number of hydrogen-bond donors (Lipinski definition) is 1. The lowest BCUT2D eigenvalue weighted by Gasteiger charge is -2.25. The first kappa shape index (κ1) is 12.5. The van der Waals surface area contributed by atoms with Gasteiger partial charge in [-0.1, -0.05) is 5.16 Å². The highest BCUT2D eigenvalue weighted by atomic mass is 16.5. The molecular weight excluding hydrogens is 220 g/mol. The predicted molar refractivity (Wildman–Crippen MR) is 62.5 cm³/mol. The van der Waals surface area contributed by atoms with Crippen molar-refractivity contribution < 1.29 is 9.26 Å². The number of nitrogens with one attached hydrogen (secondary N) is 1. The van der Waals surface area contributed by atoms with E-state index in [-0.39, 0.29) is 6.10 Å². The molecule has 1 aromatic rings. The Morgan fingerprint density at radius 1 is 1.47 bits per heavy atom. The minimum Gasteiger partial charge on any atom is -0.371 e. The van der Waals surface area contributed by atoms with Gasteiger partial charge >= 0.3 is 0 Å². The first-order chi connectivity index (χ1) is 8.29. The zero-order valence-electron chi connectivity index (χ0n) is 10.5. The molecule has 6 nitrogen and oxygen atoms in total. The van der Waals surface area contributed by atoms with E-state index < -0.39 is 0 Å². The molecule has 17 heavy (non-hydrogen) atoms. The lowest BCUT2D eigenvalue weighted by Crippen LogP contribution is -2.42. The lowest BCUT2D eigenvalue weighted by molar-refractivity contribution is 0.0683. The van der Waals surface area contributed by atoms with Gasteiger partial charge in [-0.2, -0.15) is 4.98 Å². The summed E-state index contributed by atoms with van der Waals surface area (Å²) in [6.45, 7) is 9.38. The molecule has 0 saturated carbocycles. The Balaban J connectivity index is 1.88. The molecule has 96 valence electrons. The van der Waals surface area contributed by atoms with Crippen molar-refractivity contribution in [3.8, 4) is 0 Å². The molecule has 1 aromatic heterocycles. The van der Waals surface area contributed by atoms with Crippen LogP contribution in [0.5, 0.6) is 0 Å². The molecule has 1 atom stereocenters. The van der Waals surface area contributed by atoms with Crippen molar-refractivity contribution in [2.75, 3.05) is 32.8 Å². The number of nitrogens with zero attached hydrogens (tertiary/aromatic N) is 3. The summed E-state index contributed by atoms with van der Waals surface area (Å²) >= 11 is 0. The van der Waals surface area contributed by atoms with Crippen LogP contribution in [0.2, 0.25) is 0 Å². The largest absolute Gasteiger partial charge is 0.371 e. The van der Waals surface area contributed by atoms with Crippen molar-refractivity contribution in [3.63, 3.8) is 0 Å². The van der Waals surface area contributed by atoms with E-state index in [9.17, 15) is 0 Å². The van der Waals surface area contributed by atoms with E-state index in [0.717, 1.165) is 32.7 Å². The zero-order valence-corrected chi connectivity index (χ0v) is 10.5. The second-order valence-corrected chi connectivity index (χ2v) is 4.17. The van der Waals surface area contributed by atoms with E-state index in [1.807, 2.05) is 13.8 Å². The Bertz CT molecular complexity index is 336. The molecule has 2 heterocycles. The summed E-state index contributed by atoms with van der Waals surface area (Å²) in [5.74, 6) is 1.31. The molecule has 0 unspecified atom stereocenters. The molecule has 1 fully saturated rings. The molecule has 0 amide bonds. The van der Waals surface area contributed by atoms with E-state index >= 15 is 0 Å². The summed E-state index contributed by atoms with van der Waals surface area (Å²) in [5.41, 5.74) is 0. The zero-order chi connectivity index (χ0) is 12.1. The van der Waals surface area contributed by atoms with Crippen LogP contribution in [0.15, 0.2) is 4.52 Å². The second kappa shape index (κ2) is 6.09. The minimum atomic E-state index is -0.0967. The van der Waals surface area contributed by atoms with E-state index in [0.29, 0.717) is 18.3 Å². The average Bonchev–Trinajstić information content (AvgIpc) is 2.79. The second-order valence-electron chi connectivity index (χ2n) is 4.17. The quantitative estimate of drug-likeness (QED) is 0.812. The van der Waals surface area contributed by atoms with Gasteiger partial charge in [0.15, 0.2) is 5.82 Å². The Morgan fingerprint density at radius 3 is 2.94 bits per heavy atom. The fourth-order valence-electron chi connectivity index (χ4n) is 1.88. The highest BCUT2D eigenvalue weighted by Gasteiger charge is 2.17. The summed E-state index contributed by atoms with van der Waals surface area (Å²) in [6, 6.07) is 0. The van der Waals surface area contributed by atoms with Crippen LogP contribution in [0.3, 0.4) is 0 Å². The van der Waals surface area contributed by atoms with Gasteiger partial charge in [0, 0.05) is 32.8 Å². The topological polar surface area (TPSA) is 63.4 Å². The Labute approximate surface area is 101 Å². The molecule has 1 N–H and O–H groups in total. The third kappa shape index (κ3) is 3.49. The number of piperazine rings is 1. The molecule has 1 aliphatic heterocycles. The van der Waals surface area contributed by atoms with Gasteiger partial charge < -0.3 is 14.6 Å². The number of ether oxygens (including phenoxy) is 1. The van der Waals surface area contributed by atoms with Crippen molar-refractivity contribution >= 4 is 0 Å². The van der Waals surface area contributed by atoms with E-state index in [2.05, 4.69) is 20.4 Å². The number of hydrogen-bond acceptors (Lipinski definition) is 6. The van der Waals surface area contributed by atoms with Crippen molar-refractivity contribution in [2.24, 2.45) is 0 Å². The van der Waals surface area contributed by atoms with Crippen LogP contribution in [0.1, 0.15) is 31.7 Å². The average molecular weight is 240 g/mol. The Hall–Kier alpha value is -0.980. The van der Waals surface area contributed by atoms with Crippen molar-refractivity contribution in [1.82, 2.24) is 20.4 Å². The molecule has 2 rings (SSSR count). The third-order valence-electron chi connectivity index (χ3n) is 2.83. The van der Waals surface area contributed by atoms with E-state index in [4.69, 9.17) is 9.26 Å². The van der Waals surface area contributed by atoms with Gasteiger partial charge in [-0.15, -0.1) is 0 Å². The first-order valence-corrected chi connectivity index (χ1v) is 6.16. The van der Waals surface area contributed by atoms with Crippen LogP contribution < -0.4 is 5.32 Å². The van der Waals surface area contributed by atoms with E-state index in [1.54, 1.807) is 0 Å². The molecule has 1 aliphatic rings. The first-order valence-electron chi connectivity index (χ1n) is 6.16. The standard InChI is InChI=1S/C11H20N4O2/c1-3-16-9(2)11-13-10(17-14-11)8-15-6-4-12-5-7-15/h9,12H,3-8H2,1-2H3/t9-/m1/s1. The Morgan fingerprint density at radius 2 is 2.24 bits per heavy atom. The van der Waals surface area contributed by atoms with Gasteiger partial charge in [-0.05, 0) is 13.8 Å². The van der Waals surface area contributed by atoms with Crippen molar-refractivity contribution in [3.05, 3.63) is 11.7 Å². The van der Waals surface area contributed by atoms with Crippen LogP contribution in [0, 0.1) is 0 Å². The summed E-state index contributed by atoms with van der Waals surface area (Å²) in [7, 11) is 0. The van der Waals surface area contributed by atoms with Gasteiger partial charge in [0.2, 0.25) is 5.89 Å². The van der Waals surface area contributed by atoms with Crippen LogP contribution in [0.25, 0.3) is 0 Å².